The van der Waals surface area contributed by atoms with Crippen LogP contribution in [0.3, 0.4) is 0 Å². The third-order valence-corrected chi connectivity index (χ3v) is 4.91. The fourth-order valence-corrected chi connectivity index (χ4v) is 3.52. The Kier molecular flexibility index (Phi) is 4.01. The molecule has 0 bridgehead atoms. The van der Waals surface area contributed by atoms with Gasteiger partial charge in [-0.2, -0.15) is 0 Å². The number of hydrogen-bond donors (Lipinski definition) is 2. The van der Waals surface area contributed by atoms with Gasteiger partial charge in [0.15, 0.2) is 0 Å². The van der Waals surface area contributed by atoms with Crippen LogP contribution in [0.2, 0.25) is 0 Å². The highest BCUT2D eigenvalue weighted by Gasteiger charge is 2.21. The van der Waals surface area contributed by atoms with Gasteiger partial charge in [0, 0.05) is 0 Å². The lowest BCUT2D eigenvalue weighted by Gasteiger charge is -2.14. The number of nitrogens with one attached hydrogen (secondary N) is 1. The first kappa shape index (κ1) is 14.8. The van der Waals surface area contributed by atoms with Gasteiger partial charge in [-0.15, -0.1) is 0 Å². The molecule has 0 atom stereocenters. The molecule has 0 unspecified atom stereocenters. The van der Waals surface area contributed by atoms with E-state index in [1.807, 2.05) is 0 Å². The molecular weight excluding hydrogens is 342 g/mol. The highest BCUT2D eigenvalue weighted by molar-refractivity contribution is 9.10. The molecule has 0 aliphatic heterocycles. The summed E-state index contributed by atoms with van der Waals surface area (Å²) in [7, 11) is -3.74. The maximum atomic E-state index is 12.4. The van der Waals surface area contributed by atoms with Gasteiger partial charge in [0.05, 0.1) is 17.6 Å². The van der Waals surface area contributed by atoms with Gasteiger partial charge in [0.1, 0.15) is 9.50 Å². The van der Waals surface area contributed by atoms with Crippen LogP contribution in [0.15, 0.2) is 40.0 Å². The normalized spacial score (nSPS) is 11.3. The summed E-state index contributed by atoms with van der Waals surface area (Å²) in [6.07, 6.45) is 1.43. The Morgan fingerprint density at radius 3 is 2.40 bits per heavy atom. The molecule has 0 aliphatic rings. The van der Waals surface area contributed by atoms with Crippen molar-refractivity contribution in [2.45, 2.75) is 18.7 Å². The summed E-state index contributed by atoms with van der Waals surface area (Å²) >= 11 is 3.19. The average molecular weight is 356 g/mol. The number of aryl methyl sites for hydroxylation is 2. The quantitative estimate of drug-likeness (QED) is 0.654. The second kappa shape index (κ2) is 5.41. The summed E-state index contributed by atoms with van der Waals surface area (Å²) in [6.45, 7) is 3.49. The van der Waals surface area contributed by atoms with Crippen LogP contribution in [-0.4, -0.2) is 13.4 Å². The lowest BCUT2D eigenvalue weighted by molar-refractivity contribution is 0.601. The Balaban J connectivity index is 2.46. The molecule has 20 heavy (non-hydrogen) atoms. The molecule has 106 valence electrons. The smallest absolute Gasteiger partial charge is 0.264 e. The average Bonchev–Trinajstić information content (AvgIpc) is 2.37. The molecule has 1 heterocycles. The van der Waals surface area contributed by atoms with E-state index in [1.54, 1.807) is 38.1 Å². The minimum Gasteiger partial charge on any atom is -0.397 e. The van der Waals surface area contributed by atoms with Crippen LogP contribution >= 0.6 is 15.9 Å². The Labute approximate surface area is 126 Å². The van der Waals surface area contributed by atoms with Crippen LogP contribution in [0.25, 0.3) is 0 Å². The number of aromatic nitrogens is 1. The molecule has 2 aromatic rings. The van der Waals surface area contributed by atoms with E-state index in [9.17, 15) is 8.42 Å². The summed E-state index contributed by atoms with van der Waals surface area (Å²) in [5.74, 6) is 0. The lowest BCUT2D eigenvalue weighted by Crippen LogP contribution is -2.17. The number of nitrogens with two attached hydrogens (primary N) is 1. The van der Waals surface area contributed by atoms with E-state index in [4.69, 9.17) is 5.73 Å². The standard InChI is InChI=1S/C13H14BrN3O2S/c1-8-3-4-9(2)13(12(8)15)20(18,19)17-10-5-6-11(14)16-7-10/h3-7,17H,15H2,1-2H3. The zero-order valence-electron chi connectivity index (χ0n) is 11.0. The molecule has 1 aromatic heterocycles. The Hall–Kier alpha value is -1.60. The number of rotatable bonds is 3. The van der Waals surface area contributed by atoms with E-state index in [1.165, 1.54) is 6.20 Å². The number of pyridine rings is 1. The second-order valence-corrected chi connectivity index (χ2v) is 6.85. The van der Waals surface area contributed by atoms with Gasteiger partial charge in [0.2, 0.25) is 0 Å². The number of nitrogens with zero attached hydrogens (tertiary/aromatic N) is 1. The number of halogens is 1. The minimum absolute atomic E-state index is 0.111. The van der Waals surface area contributed by atoms with Gasteiger partial charge in [-0.25, -0.2) is 13.4 Å². The largest absolute Gasteiger partial charge is 0.397 e. The number of benzene rings is 1. The number of nitrogen functional groups attached to an aromatic ring is 1. The number of sulfonamides is 1. The van der Waals surface area contributed by atoms with Crippen molar-refractivity contribution < 1.29 is 8.42 Å². The summed E-state index contributed by atoms with van der Waals surface area (Å²) in [5.41, 5.74) is 7.88. The Morgan fingerprint density at radius 1 is 1.15 bits per heavy atom. The molecule has 2 rings (SSSR count). The molecule has 0 saturated heterocycles. The Bertz CT molecular complexity index is 743. The van der Waals surface area contributed by atoms with E-state index >= 15 is 0 Å². The van der Waals surface area contributed by atoms with Gasteiger partial charge >= 0.3 is 0 Å². The molecular formula is C13H14BrN3O2S. The van der Waals surface area contributed by atoms with E-state index in [0.29, 0.717) is 15.9 Å². The van der Waals surface area contributed by atoms with Crippen LogP contribution in [0.1, 0.15) is 11.1 Å². The summed E-state index contributed by atoms with van der Waals surface area (Å²) < 4.78 is 28.0. The van der Waals surface area contributed by atoms with Crippen LogP contribution < -0.4 is 10.5 Å². The van der Waals surface area contributed by atoms with E-state index < -0.39 is 10.0 Å². The third kappa shape index (κ3) is 2.94. The topological polar surface area (TPSA) is 85.1 Å². The van der Waals surface area contributed by atoms with Crippen molar-refractivity contribution in [1.29, 1.82) is 0 Å². The van der Waals surface area contributed by atoms with Crippen molar-refractivity contribution in [3.05, 3.63) is 46.2 Å². The Morgan fingerprint density at radius 2 is 1.80 bits per heavy atom. The SMILES string of the molecule is Cc1ccc(C)c(S(=O)(=O)Nc2ccc(Br)nc2)c1N. The third-order valence-electron chi connectivity index (χ3n) is 2.86. The molecule has 0 saturated carbocycles. The lowest BCUT2D eigenvalue weighted by atomic mass is 10.1. The molecule has 7 heteroatoms. The van der Waals surface area contributed by atoms with Gasteiger partial charge in [-0.05, 0) is 53.0 Å². The second-order valence-electron chi connectivity index (χ2n) is 4.42. The summed E-state index contributed by atoms with van der Waals surface area (Å²) in [6, 6.07) is 6.81. The predicted octanol–water partition coefficient (Wildman–Crippen LogP) is 2.84. The summed E-state index contributed by atoms with van der Waals surface area (Å²) in [4.78, 5) is 4.09. The highest BCUT2D eigenvalue weighted by atomic mass is 79.9. The molecule has 0 spiro atoms. The van der Waals surface area contributed by atoms with Gasteiger partial charge < -0.3 is 5.73 Å². The van der Waals surface area contributed by atoms with Crippen molar-refractivity contribution in [3.63, 3.8) is 0 Å². The van der Waals surface area contributed by atoms with Gasteiger partial charge in [0.25, 0.3) is 10.0 Å². The first-order valence-corrected chi connectivity index (χ1v) is 8.09. The van der Waals surface area contributed by atoms with Crippen LogP contribution in [0.5, 0.6) is 0 Å². The first-order valence-electron chi connectivity index (χ1n) is 5.81. The van der Waals surface area contributed by atoms with E-state index in [-0.39, 0.29) is 10.6 Å². The maximum absolute atomic E-state index is 12.4. The van der Waals surface area contributed by atoms with Crippen LogP contribution in [-0.2, 0) is 10.0 Å². The first-order chi connectivity index (χ1) is 9.31. The van der Waals surface area contributed by atoms with Crippen LogP contribution in [0, 0.1) is 13.8 Å². The molecule has 1 aromatic carbocycles. The van der Waals surface area contributed by atoms with Crippen molar-refractivity contribution >= 4 is 37.3 Å². The molecule has 3 N–H and O–H groups in total. The van der Waals surface area contributed by atoms with E-state index in [2.05, 4.69) is 25.6 Å². The highest BCUT2D eigenvalue weighted by Crippen LogP contribution is 2.27. The zero-order valence-corrected chi connectivity index (χ0v) is 13.4. The van der Waals surface area contributed by atoms with Crippen molar-refractivity contribution in [3.8, 4) is 0 Å². The minimum atomic E-state index is -3.74. The molecule has 0 amide bonds. The molecule has 0 aliphatic carbocycles. The van der Waals surface area contributed by atoms with Crippen LogP contribution in [0.4, 0.5) is 11.4 Å². The van der Waals surface area contributed by atoms with Crippen molar-refractivity contribution in [2.75, 3.05) is 10.5 Å². The zero-order chi connectivity index (χ0) is 14.9. The van der Waals surface area contributed by atoms with E-state index in [0.717, 1.165) is 5.56 Å². The van der Waals surface area contributed by atoms with Crippen molar-refractivity contribution in [2.24, 2.45) is 0 Å². The number of anilines is 2. The number of hydrogen-bond acceptors (Lipinski definition) is 4. The monoisotopic (exact) mass is 355 g/mol. The maximum Gasteiger partial charge on any atom is 0.264 e. The summed E-state index contributed by atoms with van der Waals surface area (Å²) in [5, 5.41) is 0. The molecule has 5 nitrogen and oxygen atoms in total. The van der Waals surface area contributed by atoms with Gasteiger partial charge in [-0.1, -0.05) is 12.1 Å². The van der Waals surface area contributed by atoms with Crippen molar-refractivity contribution in [1.82, 2.24) is 4.98 Å². The fraction of sp³-hybridized carbons (Fsp3) is 0.154. The fourth-order valence-electron chi connectivity index (χ4n) is 1.81. The van der Waals surface area contributed by atoms with Gasteiger partial charge in [-0.3, -0.25) is 4.72 Å². The molecule has 0 radical (unpaired) electrons. The predicted molar refractivity (Wildman–Crippen MR) is 83.1 cm³/mol. The molecule has 0 fully saturated rings.